The highest BCUT2D eigenvalue weighted by molar-refractivity contribution is 7.89. The third-order valence-electron chi connectivity index (χ3n) is 4.48. The quantitative estimate of drug-likeness (QED) is 0.652. The van der Waals surface area contributed by atoms with Gasteiger partial charge in [-0.25, -0.2) is 8.42 Å². The molecule has 0 aliphatic heterocycles. The van der Waals surface area contributed by atoms with Gasteiger partial charge in [0.1, 0.15) is 5.76 Å². The molecule has 2 aromatic rings. The maximum Gasteiger partial charge on any atom is 0.243 e. The molecule has 1 heterocycles. The zero-order valence-corrected chi connectivity index (χ0v) is 17.8. The molecule has 0 saturated heterocycles. The number of hydrogen-bond acceptors (Lipinski definition) is 4. The molecule has 0 unspecified atom stereocenters. The summed E-state index contributed by atoms with van der Waals surface area (Å²) in [6.45, 7) is 7.83. The van der Waals surface area contributed by atoms with Gasteiger partial charge in [0.15, 0.2) is 0 Å². The van der Waals surface area contributed by atoms with Crippen molar-refractivity contribution in [1.29, 1.82) is 0 Å². The molecule has 0 spiro atoms. The maximum absolute atomic E-state index is 13.1. The summed E-state index contributed by atoms with van der Waals surface area (Å²) in [5.41, 5.74) is 0.966. The Balaban J connectivity index is 2.15. The number of carbonyl (C=O) groups excluding carboxylic acids is 1. The van der Waals surface area contributed by atoms with Gasteiger partial charge in [-0.3, -0.25) is 4.79 Å². The van der Waals surface area contributed by atoms with E-state index in [0.29, 0.717) is 11.7 Å². The summed E-state index contributed by atoms with van der Waals surface area (Å²) in [5.74, 6) is 0.714. The van der Waals surface area contributed by atoms with Gasteiger partial charge in [0, 0.05) is 6.04 Å². The van der Waals surface area contributed by atoms with E-state index in [1.54, 1.807) is 36.4 Å². The van der Waals surface area contributed by atoms with E-state index in [2.05, 4.69) is 19.2 Å². The second kappa shape index (κ2) is 9.89. The lowest BCUT2D eigenvalue weighted by Gasteiger charge is -2.22. The van der Waals surface area contributed by atoms with Crippen molar-refractivity contribution in [3.8, 4) is 0 Å². The van der Waals surface area contributed by atoms with Gasteiger partial charge in [-0.2, -0.15) is 4.31 Å². The van der Waals surface area contributed by atoms with E-state index in [9.17, 15) is 13.2 Å². The fraction of sp³-hybridized carbons (Fsp3) is 0.476. The van der Waals surface area contributed by atoms with Crippen molar-refractivity contribution in [2.24, 2.45) is 5.92 Å². The molecule has 1 N–H and O–H groups in total. The van der Waals surface area contributed by atoms with Gasteiger partial charge in [0.2, 0.25) is 15.9 Å². The second-order valence-electron chi connectivity index (χ2n) is 7.61. The lowest BCUT2D eigenvalue weighted by atomic mass is 10.0. The Bertz CT molecular complexity index is 843. The summed E-state index contributed by atoms with van der Waals surface area (Å²) < 4.78 is 32.7. The molecule has 154 valence electrons. The number of amides is 1. The molecule has 1 aromatic carbocycles. The maximum atomic E-state index is 13.1. The van der Waals surface area contributed by atoms with Crippen molar-refractivity contribution >= 4 is 15.9 Å². The van der Waals surface area contributed by atoms with Crippen LogP contribution in [0.3, 0.4) is 0 Å². The average molecular weight is 407 g/mol. The summed E-state index contributed by atoms with van der Waals surface area (Å²) >= 11 is 0. The molecule has 7 heteroatoms. The van der Waals surface area contributed by atoms with Crippen LogP contribution in [0.15, 0.2) is 52.0 Å². The third-order valence-corrected chi connectivity index (χ3v) is 6.28. The van der Waals surface area contributed by atoms with Crippen molar-refractivity contribution in [1.82, 2.24) is 9.62 Å². The normalized spacial score (nSPS) is 13.1. The first kappa shape index (κ1) is 22.2. The minimum atomic E-state index is -3.84. The molecular weight excluding hydrogens is 376 g/mol. The van der Waals surface area contributed by atoms with Gasteiger partial charge in [-0.1, -0.05) is 31.5 Å². The number of nitrogens with one attached hydrogen (secondary N) is 1. The fourth-order valence-corrected chi connectivity index (χ4v) is 4.16. The Morgan fingerprint density at radius 3 is 2.36 bits per heavy atom. The SMILES string of the molecule is Cc1ccc(S(=O)(=O)N(CC(=O)N[C@@H](C)CCC(C)C)Cc2ccco2)cc1. The summed E-state index contributed by atoms with van der Waals surface area (Å²) in [6, 6.07) is 9.98. The van der Waals surface area contributed by atoms with E-state index in [4.69, 9.17) is 4.42 Å². The molecule has 1 atom stereocenters. The number of carbonyl (C=O) groups is 1. The van der Waals surface area contributed by atoms with Crippen LogP contribution >= 0.6 is 0 Å². The van der Waals surface area contributed by atoms with Gasteiger partial charge >= 0.3 is 0 Å². The van der Waals surface area contributed by atoms with E-state index in [0.717, 1.165) is 22.7 Å². The lowest BCUT2D eigenvalue weighted by Crippen LogP contribution is -2.43. The molecule has 6 nitrogen and oxygen atoms in total. The minimum Gasteiger partial charge on any atom is -0.468 e. The number of nitrogens with zero attached hydrogens (tertiary/aromatic N) is 1. The lowest BCUT2D eigenvalue weighted by molar-refractivity contribution is -0.122. The average Bonchev–Trinajstić information content (AvgIpc) is 3.13. The molecule has 1 aromatic heterocycles. The molecule has 0 aliphatic carbocycles. The van der Waals surface area contributed by atoms with Crippen LogP contribution in [0.4, 0.5) is 0 Å². The highest BCUT2D eigenvalue weighted by Crippen LogP contribution is 2.19. The highest BCUT2D eigenvalue weighted by Gasteiger charge is 2.28. The first-order chi connectivity index (χ1) is 13.2. The van der Waals surface area contributed by atoms with Crippen LogP contribution < -0.4 is 5.32 Å². The van der Waals surface area contributed by atoms with E-state index >= 15 is 0 Å². The van der Waals surface area contributed by atoms with Crippen LogP contribution in [0.1, 0.15) is 44.9 Å². The van der Waals surface area contributed by atoms with Gasteiger partial charge < -0.3 is 9.73 Å². The van der Waals surface area contributed by atoms with Crippen LogP contribution in [-0.2, 0) is 21.4 Å². The van der Waals surface area contributed by atoms with Gasteiger partial charge in [0.25, 0.3) is 0 Å². The summed E-state index contributed by atoms with van der Waals surface area (Å²) in [4.78, 5) is 12.7. The summed E-state index contributed by atoms with van der Waals surface area (Å²) in [7, 11) is -3.84. The smallest absolute Gasteiger partial charge is 0.243 e. The number of hydrogen-bond donors (Lipinski definition) is 1. The second-order valence-corrected chi connectivity index (χ2v) is 9.54. The summed E-state index contributed by atoms with van der Waals surface area (Å²) in [5, 5.41) is 2.90. The topological polar surface area (TPSA) is 79.6 Å². The molecule has 0 saturated carbocycles. The number of rotatable bonds is 10. The third kappa shape index (κ3) is 6.49. The van der Waals surface area contributed by atoms with Crippen molar-refractivity contribution in [3.63, 3.8) is 0 Å². The Hall–Kier alpha value is -2.12. The van der Waals surface area contributed by atoms with E-state index in [1.165, 1.54) is 6.26 Å². The van der Waals surface area contributed by atoms with Gasteiger partial charge in [0.05, 0.1) is 24.2 Å². The predicted molar refractivity (Wildman–Crippen MR) is 109 cm³/mol. The number of furan rings is 1. The van der Waals surface area contributed by atoms with E-state index in [-0.39, 0.29) is 29.9 Å². The number of benzene rings is 1. The van der Waals surface area contributed by atoms with Gasteiger partial charge in [-0.05, 0) is 56.9 Å². The predicted octanol–water partition coefficient (Wildman–Crippen LogP) is 3.72. The molecule has 0 fully saturated rings. The van der Waals surface area contributed by atoms with E-state index in [1.807, 2.05) is 13.8 Å². The van der Waals surface area contributed by atoms with Crippen LogP contribution in [0.2, 0.25) is 0 Å². The Morgan fingerprint density at radius 2 is 1.79 bits per heavy atom. The van der Waals surface area contributed by atoms with Crippen LogP contribution in [0, 0.1) is 12.8 Å². The monoisotopic (exact) mass is 406 g/mol. The molecule has 2 rings (SSSR count). The molecule has 0 aliphatic rings. The molecule has 0 bridgehead atoms. The highest BCUT2D eigenvalue weighted by atomic mass is 32.2. The van der Waals surface area contributed by atoms with Crippen LogP contribution in [0.5, 0.6) is 0 Å². The van der Waals surface area contributed by atoms with Gasteiger partial charge in [-0.15, -0.1) is 0 Å². The fourth-order valence-electron chi connectivity index (χ4n) is 2.80. The zero-order chi connectivity index (χ0) is 20.7. The number of aryl methyl sites for hydroxylation is 1. The Morgan fingerprint density at radius 1 is 1.11 bits per heavy atom. The molecule has 1 amide bonds. The van der Waals surface area contributed by atoms with Crippen LogP contribution in [-0.4, -0.2) is 31.2 Å². The zero-order valence-electron chi connectivity index (χ0n) is 17.0. The molecule has 0 radical (unpaired) electrons. The summed E-state index contributed by atoms with van der Waals surface area (Å²) in [6.07, 6.45) is 3.34. The van der Waals surface area contributed by atoms with E-state index < -0.39 is 10.0 Å². The molecule has 28 heavy (non-hydrogen) atoms. The van der Waals surface area contributed by atoms with Crippen molar-refractivity contribution in [2.45, 2.75) is 58.0 Å². The van der Waals surface area contributed by atoms with Crippen molar-refractivity contribution in [2.75, 3.05) is 6.54 Å². The van der Waals surface area contributed by atoms with Crippen molar-refractivity contribution < 1.29 is 17.6 Å². The molecular formula is C21H30N2O4S. The first-order valence-corrected chi connectivity index (χ1v) is 11.0. The minimum absolute atomic E-state index is 0.00297. The number of sulfonamides is 1. The van der Waals surface area contributed by atoms with Crippen LogP contribution in [0.25, 0.3) is 0 Å². The standard InChI is InChI=1S/C21H30N2O4S/c1-16(2)7-10-18(4)22-21(24)15-23(14-19-6-5-13-27-19)28(25,26)20-11-8-17(3)9-12-20/h5-6,8-9,11-13,16,18H,7,10,14-15H2,1-4H3,(H,22,24)/t18-/m0/s1. The first-order valence-electron chi connectivity index (χ1n) is 9.57. The largest absolute Gasteiger partial charge is 0.468 e. The van der Waals surface area contributed by atoms with Crippen molar-refractivity contribution in [3.05, 3.63) is 54.0 Å². The Labute approximate surface area is 168 Å². The Kier molecular flexibility index (Phi) is 7.83.